The number of anilines is 1. The number of thioether (sulfide) groups is 1. The van der Waals surface area contributed by atoms with Crippen LogP contribution in [0.2, 0.25) is 0 Å². The lowest BCUT2D eigenvalue weighted by Gasteiger charge is -2.42. The lowest BCUT2D eigenvalue weighted by atomic mass is 9.86. The summed E-state index contributed by atoms with van der Waals surface area (Å²) in [5, 5.41) is 20.7. The van der Waals surface area contributed by atoms with Gasteiger partial charge in [0.2, 0.25) is 21.1 Å². The highest BCUT2D eigenvalue weighted by molar-refractivity contribution is 7.98. The number of ether oxygens (including phenoxy) is 1. The van der Waals surface area contributed by atoms with Crippen molar-refractivity contribution in [3.63, 3.8) is 0 Å². The van der Waals surface area contributed by atoms with Crippen LogP contribution in [0.4, 0.5) is 5.95 Å². The van der Waals surface area contributed by atoms with E-state index in [1.165, 1.54) is 30.0 Å². The normalized spacial score (nSPS) is 19.0. The van der Waals surface area contributed by atoms with E-state index in [0.29, 0.717) is 16.5 Å². The van der Waals surface area contributed by atoms with E-state index in [2.05, 4.69) is 25.2 Å². The van der Waals surface area contributed by atoms with Gasteiger partial charge in [0.05, 0.1) is 10.9 Å². The van der Waals surface area contributed by atoms with Crippen LogP contribution in [-0.2, 0) is 16.4 Å². The number of rotatable bonds is 7. The third kappa shape index (κ3) is 5.20. The molecule has 0 radical (unpaired) electrons. The first-order chi connectivity index (χ1) is 16.5. The van der Waals surface area contributed by atoms with Crippen molar-refractivity contribution in [1.29, 1.82) is 0 Å². The molecule has 1 aliphatic heterocycles. The van der Waals surface area contributed by atoms with E-state index in [9.17, 15) is 18.3 Å². The Balaban J connectivity index is 1.66. The third-order valence-electron chi connectivity index (χ3n) is 5.81. The molecule has 2 heterocycles. The topological polar surface area (TPSA) is 146 Å². The van der Waals surface area contributed by atoms with Crippen molar-refractivity contribution in [2.24, 2.45) is 0 Å². The number of fused-ring (bicyclic) bond motifs is 1. The van der Waals surface area contributed by atoms with Crippen LogP contribution in [0.25, 0.3) is 0 Å². The van der Waals surface area contributed by atoms with E-state index in [4.69, 9.17) is 4.74 Å². The molecule has 1 aromatic heterocycles. The molecule has 0 spiro atoms. The minimum Gasteiger partial charge on any atom is -0.485 e. The molecule has 0 saturated heterocycles. The molecule has 0 bridgehead atoms. The predicted molar refractivity (Wildman–Crippen MR) is 132 cm³/mol. The Morgan fingerprint density at radius 1 is 1.23 bits per heavy atom. The largest absolute Gasteiger partial charge is 0.485 e. The molecule has 2 unspecified atom stereocenters. The highest BCUT2D eigenvalue weighted by Crippen LogP contribution is 2.41. The third-order valence-corrected chi connectivity index (χ3v) is 7.82. The smallest absolute Gasteiger partial charge is 0.258 e. The SMILES string of the molecule is CCc1ccc(S(=O)(=O)NC2c3cc(C(=O)Nc4nc(SC)n[nH]4)ccc3OC(C)(C)C2O)cc1. The second-order valence-electron chi connectivity index (χ2n) is 8.62. The number of hydrogen-bond acceptors (Lipinski definition) is 8. The highest BCUT2D eigenvalue weighted by atomic mass is 32.2. The summed E-state index contributed by atoms with van der Waals surface area (Å²) in [6.07, 6.45) is 1.37. The second-order valence-corrected chi connectivity index (χ2v) is 11.1. The van der Waals surface area contributed by atoms with E-state index >= 15 is 0 Å². The van der Waals surface area contributed by atoms with Crippen LogP contribution in [-0.4, -0.2) is 52.6 Å². The maximum Gasteiger partial charge on any atom is 0.258 e. The van der Waals surface area contributed by atoms with Crippen molar-refractivity contribution in [1.82, 2.24) is 19.9 Å². The molecule has 10 nitrogen and oxygen atoms in total. The van der Waals surface area contributed by atoms with Gasteiger partial charge in [-0.05, 0) is 62.4 Å². The van der Waals surface area contributed by atoms with Crippen LogP contribution < -0.4 is 14.8 Å². The van der Waals surface area contributed by atoms with Gasteiger partial charge in [0.15, 0.2) is 0 Å². The Bertz CT molecular complexity index is 1340. The van der Waals surface area contributed by atoms with E-state index < -0.39 is 33.7 Å². The van der Waals surface area contributed by atoms with Crippen LogP contribution in [0.1, 0.15) is 48.3 Å². The summed E-state index contributed by atoms with van der Waals surface area (Å²) in [4.78, 5) is 17.0. The lowest BCUT2D eigenvalue weighted by molar-refractivity contribution is -0.0603. The number of aliphatic hydroxyl groups excluding tert-OH is 1. The second kappa shape index (κ2) is 9.61. The predicted octanol–water partition coefficient (Wildman–Crippen LogP) is 2.89. The number of sulfonamides is 1. The van der Waals surface area contributed by atoms with Crippen LogP contribution in [0.3, 0.4) is 0 Å². The fourth-order valence-electron chi connectivity index (χ4n) is 3.78. The number of aromatic nitrogens is 3. The highest BCUT2D eigenvalue weighted by Gasteiger charge is 2.44. The minimum atomic E-state index is -3.98. The molecule has 4 N–H and O–H groups in total. The molecule has 1 aliphatic rings. The van der Waals surface area contributed by atoms with Crippen LogP contribution in [0.5, 0.6) is 5.75 Å². The first-order valence-corrected chi connectivity index (χ1v) is 13.6. The molecule has 186 valence electrons. The van der Waals surface area contributed by atoms with Gasteiger partial charge >= 0.3 is 0 Å². The van der Waals surface area contributed by atoms with Crippen molar-refractivity contribution >= 4 is 33.6 Å². The number of H-pyrrole nitrogens is 1. The van der Waals surface area contributed by atoms with E-state index in [-0.39, 0.29) is 16.4 Å². The zero-order chi connectivity index (χ0) is 25.4. The monoisotopic (exact) mass is 517 g/mol. The van der Waals surface area contributed by atoms with Crippen LogP contribution in [0.15, 0.2) is 52.5 Å². The van der Waals surface area contributed by atoms with Gasteiger partial charge in [-0.3, -0.25) is 10.1 Å². The van der Waals surface area contributed by atoms with Gasteiger partial charge in [-0.1, -0.05) is 30.8 Å². The Hall–Kier alpha value is -2.93. The fraction of sp³-hybridized carbons (Fsp3) is 0.348. The summed E-state index contributed by atoms with van der Waals surface area (Å²) >= 11 is 1.32. The number of aromatic amines is 1. The molecule has 0 saturated carbocycles. The van der Waals surface area contributed by atoms with Gasteiger partial charge < -0.3 is 9.84 Å². The summed E-state index contributed by atoms with van der Waals surface area (Å²) in [5.74, 6) is 0.0742. The first-order valence-electron chi connectivity index (χ1n) is 10.9. The average molecular weight is 518 g/mol. The quantitative estimate of drug-likeness (QED) is 0.350. The van der Waals surface area contributed by atoms with E-state index in [1.807, 2.05) is 13.2 Å². The summed E-state index contributed by atoms with van der Waals surface area (Å²) in [7, 11) is -3.98. The van der Waals surface area contributed by atoms with E-state index in [0.717, 1.165) is 12.0 Å². The summed E-state index contributed by atoms with van der Waals surface area (Å²) in [6, 6.07) is 10.2. The molecule has 0 aliphatic carbocycles. The zero-order valence-corrected chi connectivity index (χ0v) is 21.3. The maximum atomic E-state index is 13.2. The molecule has 2 atom stereocenters. The van der Waals surface area contributed by atoms with Gasteiger partial charge in [-0.2, -0.15) is 4.98 Å². The zero-order valence-electron chi connectivity index (χ0n) is 19.7. The Morgan fingerprint density at radius 2 is 1.94 bits per heavy atom. The van der Waals surface area contributed by atoms with Crippen molar-refractivity contribution in [2.75, 3.05) is 11.6 Å². The van der Waals surface area contributed by atoms with E-state index in [1.54, 1.807) is 38.1 Å². The molecule has 35 heavy (non-hydrogen) atoms. The van der Waals surface area contributed by atoms with Crippen LogP contribution in [0, 0.1) is 0 Å². The van der Waals surface area contributed by atoms with Gasteiger partial charge in [0, 0.05) is 11.1 Å². The number of hydrogen-bond donors (Lipinski definition) is 4. The molecule has 3 aromatic rings. The molecule has 12 heteroatoms. The Labute approximate surface area is 207 Å². The number of carbonyl (C=O) groups is 1. The lowest BCUT2D eigenvalue weighted by Crippen LogP contribution is -2.53. The van der Waals surface area contributed by atoms with Crippen LogP contribution >= 0.6 is 11.8 Å². The van der Waals surface area contributed by atoms with Crippen molar-refractivity contribution in [2.45, 2.75) is 55.0 Å². The number of amides is 1. The number of nitrogens with one attached hydrogen (secondary N) is 3. The summed E-state index contributed by atoms with van der Waals surface area (Å²) in [5.41, 5.74) is 0.511. The standard InChI is InChI=1S/C23H27N5O5S2/c1-5-13-6-9-15(10-7-13)35(31,32)28-18-16-12-14(8-11-17(16)33-23(2,3)19(18)29)20(30)24-21-25-22(34-4)27-26-21/h6-12,18-19,28-29H,5H2,1-4H3,(H2,24,25,26,27,30). The van der Waals surface area contributed by atoms with Gasteiger partial charge in [-0.25, -0.2) is 18.2 Å². The average Bonchev–Trinajstić information content (AvgIpc) is 3.29. The van der Waals surface area contributed by atoms with Gasteiger partial charge in [0.1, 0.15) is 17.5 Å². The molecule has 2 aromatic carbocycles. The van der Waals surface area contributed by atoms with Crippen molar-refractivity contribution < 1.29 is 23.1 Å². The number of carbonyl (C=O) groups excluding carboxylic acids is 1. The number of aryl methyl sites for hydroxylation is 1. The molecule has 0 fully saturated rings. The Morgan fingerprint density at radius 3 is 2.57 bits per heavy atom. The fourth-order valence-corrected chi connectivity index (χ4v) is 5.32. The number of benzene rings is 2. The van der Waals surface area contributed by atoms with Gasteiger partial charge in [0.25, 0.3) is 5.91 Å². The first kappa shape index (κ1) is 25.2. The molecule has 4 rings (SSSR count). The number of aliphatic hydroxyl groups is 1. The number of nitrogens with zero attached hydrogens (tertiary/aromatic N) is 2. The Kier molecular flexibility index (Phi) is 6.91. The summed E-state index contributed by atoms with van der Waals surface area (Å²) in [6.45, 7) is 5.33. The molecular weight excluding hydrogens is 490 g/mol. The molecule has 1 amide bonds. The van der Waals surface area contributed by atoms with Crippen molar-refractivity contribution in [3.05, 3.63) is 59.2 Å². The molecular formula is C23H27N5O5S2. The summed E-state index contributed by atoms with van der Waals surface area (Å²) < 4.78 is 34.9. The van der Waals surface area contributed by atoms with Crippen molar-refractivity contribution in [3.8, 4) is 5.75 Å². The maximum absolute atomic E-state index is 13.2. The minimum absolute atomic E-state index is 0.0802. The van der Waals surface area contributed by atoms with Gasteiger partial charge in [-0.15, -0.1) is 5.10 Å².